The first-order valence-corrected chi connectivity index (χ1v) is 6.98. The Balaban J connectivity index is 2.16. The maximum atomic E-state index is 12.3. The number of amides is 1. The summed E-state index contributed by atoms with van der Waals surface area (Å²) in [4.78, 5) is 23.5. The number of carbonyl (C=O) groups is 2. The monoisotopic (exact) mass is 311 g/mol. The number of nitrogens with one attached hydrogen (secondary N) is 1. The Morgan fingerprint density at radius 2 is 1.83 bits per heavy atom. The Hall–Kier alpha value is -3.08. The number of benzene rings is 2. The summed E-state index contributed by atoms with van der Waals surface area (Å²) < 4.78 is 5.51. The molecular formula is C18H17NO4. The number of hydrogen-bond acceptors (Lipinski definition) is 3. The molecule has 23 heavy (non-hydrogen) atoms. The van der Waals surface area contributed by atoms with Crippen LogP contribution in [0.25, 0.3) is 0 Å². The second kappa shape index (κ2) is 7.26. The van der Waals surface area contributed by atoms with Crippen LogP contribution < -0.4 is 10.1 Å². The lowest BCUT2D eigenvalue weighted by Crippen LogP contribution is -2.16. The quantitative estimate of drug-likeness (QED) is 0.799. The third-order valence-corrected chi connectivity index (χ3v) is 2.98. The van der Waals surface area contributed by atoms with Gasteiger partial charge in [-0.2, -0.15) is 0 Å². The molecular weight excluding hydrogens is 294 g/mol. The van der Waals surface area contributed by atoms with Crippen molar-refractivity contribution in [3.63, 3.8) is 0 Å². The smallest absolute Gasteiger partial charge is 0.336 e. The molecule has 0 radical (unpaired) electrons. The summed E-state index contributed by atoms with van der Waals surface area (Å²) in [5.74, 6) is -1.04. The van der Waals surface area contributed by atoms with Crippen molar-refractivity contribution in [2.45, 2.75) is 6.92 Å². The number of carboxylic acids is 1. The van der Waals surface area contributed by atoms with Crippen LogP contribution >= 0.6 is 0 Å². The van der Waals surface area contributed by atoms with Gasteiger partial charge in [0.25, 0.3) is 5.91 Å². The average molecular weight is 311 g/mol. The van der Waals surface area contributed by atoms with E-state index in [-0.39, 0.29) is 11.1 Å². The minimum atomic E-state index is -1.14. The van der Waals surface area contributed by atoms with E-state index in [1.165, 1.54) is 12.1 Å². The Labute approximate surface area is 134 Å². The van der Waals surface area contributed by atoms with Gasteiger partial charge in [-0.25, -0.2) is 4.79 Å². The number of rotatable bonds is 6. The standard InChI is InChI=1S/C18H17NO4/c1-12(2)11-23-14-7-5-6-13(10-14)19-17(20)15-8-3-4-9-16(15)18(21)22/h3-10H,1,11H2,2H3,(H,19,20)(H,21,22). The second-order valence-corrected chi connectivity index (χ2v) is 5.08. The van der Waals surface area contributed by atoms with E-state index in [4.69, 9.17) is 9.84 Å². The lowest BCUT2D eigenvalue weighted by Gasteiger charge is -2.10. The lowest BCUT2D eigenvalue weighted by molar-refractivity contribution is 0.0692. The predicted octanol–water partition coefficient (Wildman–Crippen LogP) is 3.59. The molecule has 0 aliphatic heterocycles. The van der Waals surface area contributed by atoms with Gasteiger partial charge in [0, 0.05) is 11.8 Å². The highest BCUT2D eigenvalue weighted by Gasteiger charge is 2.15. The van der Waals surface area contributed by atoms with Gasteiger partial charge in [0.15, 0.2) is 0 Å². The van der Waals surface area contributed by atoms with E-state index in [0.717, 1.165) is 5.57 Å². The molecule has 0 aromatic heterocycles. The maximum Gasteiger partial charge on any atom is 0.336 e. The lowest BCUT2D eigenvalue weighted by atomic mass is 10.1. The van der Waals surface area contributed by atoms with Crippen LogP contribution in [-0.4, -0.2) is 23.6 Å². The number of ether oxygens (including phenoxy) is 1. The van der Waals surface area contributed by atoms with E-state index < -0.39 is 11.9 Å². The highest BCUT2D eigenvalue weighted by atomic mass is 16.5. The van der Waals surface area contributed by atoms with Crippen molar-refractivity contribution >= 4 is 17.6 Å². The Morgan fingerprint density at radius 3 is 2.48 bits per heavy atom. The molecule has 2 aromatic carbocycles. The Kier molecular flexibility index (Phi) is 5.15. The number of hydrogen-bond donors (Lipinski definition) is 2. The SMILES string of the molecule is C=C(C)COc1cccc(NC(=O)c2ccccc2C(=O)O)c1. The molecule has 2 rings (SSSR count). The van der Waals surface area contributed by atoms with Gasteiger partial charge in [-0.1, -0.05) is 24.8 Å². The zero-order chi connectivity index (χ0) is 16.8. The van der Waals surface area contributed by atoms with Crippen LogP contribution in [0.1, 0.15) is 27.6 Å². The van der Waals surface area contributed by atoms with E-state index in [2.05, 4.69) is 11.9 Å². The fourth-order valence-corrected chi connectivity index (χ4v) is 1.94. The van der Waals surface area contributed by atoms with Crippen molar-refractivity contribution in [1.82, 2.24) is 0 Å². The molecule has 5 heteroatoms. The first-order chi connectivity index (χ1) is 11.0. The fourth-order valence-electron chi connectivity index (χ4n) is 1.94. The van der Waals surface area contributed by atoms with Gasteiger partial charge in [0.1, 0.15) is 12.4 Å². The number of aromatic carboxylic acids is 1. The Bertz CT molecular complexity index is 752. The highest BCUT2D eigenvalue weighted by Crippen LogP contribution is 2.19. The average Bonchev–Trinajstić information content (AvgIpc) is 2.53. The van der Waals surface area contributed by atoms with Gasteiger partial charge in [-0.3, -0.25) is 4.79 Å². The zero-order valence-corrected chi connectivity index (χ0v) is 12.7. The van der Waals surface area contributed by atoms with Crippen molar-refractivity contribution in [2.24, 2.45) is 0 Å². The molecule has 118 valence electrons. The minimum absolute atomic E-state index is 0.0420. The number of carbonyl (C=O) groups excluding carboxylic acids is 1. The summed E-state index contributed by atoms with van der Waals surface area (Å²) >= 11 is 0. The molecule has 0 aliphatic rings. The molecule has 0 spiro atoms. The summed E-state index contributed by atoms with van der Waals surface area (Å²) in [5, 5.41) is 11.8. The summed E-state index contributed by atoms with van der Waals surface area (Å²) in [6, 6.07) is 12.9. The van der Waals surface area contributed by atoms with Gasteiger partial charge in [-0.05, 0) is 36.8 Å². The second-order valence-electron chi connectivity index (χ2n) is 5.08. The van der Waals surface area contributed by atoms with Gasteiger partial charge < -0.3 is 15.2 Å². The van der Waals surface area contributed by atoms with E-state index in [1.54, 1.807) is 36.4 Å². The van der Waals surface area contributed by atoms with E-state index in [9.17, 15) is 9.59 Å². The number of anilines is 1. The van der Waals surface area contributed by atoms with Crippen LogP contribution in [0.4, 0.5) is 5.69 Å². The normalized spacial score (nSPS) is 9.96. The van der Waals surface area contributed by atoms with Crippen molar-refractivity contribution in [3.8, 4) is 5.75 Å². The van der Waals surface area contributed by atoms with Crippen LogP contribution in [0.3, 0.4) is 0 Å². The third kappa shape index (κ3) is 4.44. The minimum Gasteiger partial charge on any atom is -0.489 e. The molecule has 0 heterocycles. The molecule has 2 aromatic rings. The van der Waals surface area contributed by atoms with Crippen molar-refractivity contribution in [1.29, 1.82) is 0 Å². The summed E-state index contributed by atoms with van der Waals surface area (Å²) in [6.45, 7) is 6.00. The first-order valence-electron chi connectivity index (χ1n) is 6.98. The Morgan fingerprint density at radius 1 is 1.13 bits per heavy atom. The fraction of sp³-hybridized carbons (Fsp3) is 0.111. The largest absolute Gasteiger partial charge is 0.489 e. The van der Waals surface area contributed by atoms with Crippen molar-refractivity contribution < 1.29 is 19.4 Å². The summed E-state index contributed by atoms with van der Waals surface area (Å²) in [5.41, 5.74) is 1.47. The molecule has 0 bridgehead atoms. The van der Waals surface area contributed by atoms with Crippen LogP contribution in [0.15, 0.2) is 60.7 Å². The first kappa shape index (κ1) is 16.3. The molecule has 5 nitrogen and oxygen atoms in total. The van der Waals surface area contributed by atoms with Gasteiger partial charge in [0.05, 0.1) is 11.1 Å². The zero-order valence-electron chi connectivity index (χ0n) is 12.7. The highest BCUT2D eigenvalue weighted by molar-refractivity contribution is 6.10. The number of carboxylic acid groups (broad SMARTS) is 1. The van der Waals surface area contributed by atoms with Crippen LogP contribution in [-0.2, 0) is 0 Å². The topological polar surface area (TPSA) is 75.6 Å². The van der Waals surface area contributed by atoms with Gasteiger partial charge >= 0.3 is 5.97 Å². The van der Waals surface area contributed by atoms with E-state index >= 15 is 0 Å². The molecule has 0 saturated carbocycles. The van der Waals surface area contributed by atoms with Crippen molar-refractivity contribution in [3.05, 3.63) is 71.8 Å². The van der Waals surface area contributed by atoms with Crippen molar-refractivity contribution in [2.75, 3.05) is 11.9 Å². The molecule has 1 amide bonds. The molecule has 0 aliphatic carbocycles. The summed E-state index contributed by atoms with van der Waals surface area (Å²) in [6.07, 6.45) is 0. The van der Waals surface area contributed by atoms with E-state index in [0.29, 0.717) is 18.0 Å². The summed E-state index contributed by atoms with van der Waals surface area (Å²) in [7, 11) is 0. The van der Waals surface area contributed by atoms with Crippen LogP contribution in [0, 0.1) is 0 Å². The van der Waals surface area contributed by atoms with E-state index in [1.807, 2.05) is 6.92 Å². The molecule has 0 fully saturated rings. The molecule has 0 saturated heterocycles. The predicted molar refractivity (Wildman–Crippen MR) is 88.1 cm³/mol. The van der Waals surface area contributed by atoms with Gasteiger partial charge in [0.2, 0.25) is 0 Å². The molecule has 0 unspecified atom stereocenters. The molecule has 2 N–H and O–H groups in total. The van der Waals surface area contributed by atoms with Crippen LogP contribution in [0.5, 0.6) is 5.75 Å². The molecule has 0 atom stereocenters. The van der Waals surface area contributed by atoms with Crippen LogP contribution in [0.2, 0.25) is 0 Å². The maximum absolute atomic E-state index is 12.3. The third-order valence-electron chi connectivity index (χ3n) is 2.98. The van der Waals surface area contributed by atoms with Gasteiger partial charge in [-0.15, -0.1) is 0 Å².